The normalized spacial score (nSPS) is 13.2. The zero-order valence-corrected chi connectivity index (χ0v) is 17.7. The van der Waals surface area contributed by atoms with Crippen molar-refractivity contribution >= 4 is 33.3 Å². The number of aromatic nitrogens is 2. The Kier molecular flexibility index (Phi) is 4.91. The second-order valence-electron chi connectivity index (χ2n) is 7.14. The topological polar surface area (TPSA) is 82.6 Å². The molecule has 156 valence electrons. The van der Waals surface area contributed by atoms with Gasteiger partial charge in [0.1, 0.15) is 21.1 Å². The van der Waals surface area contributed by atoms with E-state index in [9.17, 15) is 4.79 Å². The number of fused-ring (bicyclic) bond motifs is 2. The molecule has 1 aliphatic heterocycles. The van der Waals surface area contributed by atoms with Crippen LogP contribution in [0.1, 0.15) is 12.5 Å². The molecule has 7 nitrogen and oxygen atoms in total. The molecule has 4 aromatic rings. The molecule has 2 aromatic heterocycles. The first-order chi connectivity index (χ1) is 15.1. The molecule has 0 radical (unpaired) electrons. The maximum Gasteiger partial charge on any atom is 0.265 e. The molecule has 1 atom stereocenters. The predicted molar refractivity (Wildman–Crippen MR) is 119 cm³/mol. The van der Waals surface area contributed by atoms with Crippen LogP contribution in [-0.4, -0.2) is 28.8 Å². The Morgan fingerprint density at radius 2 is 2.03 bits per heavy atom. The molecule has 0 saturated heterocycles. The van der Waals surface area contributed by atoms with E-state index in [1.165, 1.54) is 11.3 Å². The Morgan fingerprint density at radius 3 is 2.90 bits per heavy atom. The van der Waals surface area contributed by atoms with Gasteiger partial charge in [0.2, 0.25) is 6.79 Å². The van der Waals surface area contributed by atoms with E-state index in [4.69, 9.17) is 14.2 Å². The van der Waals surface area contributed by atoms with Gasteiger partial charge in [-0.15, -0.1) is 0 Å². The number of carbonyl (C=O) groups is 1. The molecule has 0 fully saturated rings. The van der Waals surface area contributed by atoms with Crippen LogP contribution in [0.3, 0.4) is 0 Å². The standard InChI is InChI=1S/C23H19N3O4S/c1-13-5-6-15(22-26-17-4-3-9-24-23(17)31-22)10-18(13)25-21(27)14(2)30-16-7-8-19-20(11-16)29-12-28-19/h3-11,14H,12H2,1-2H3,(H,25,27). The second kappa shape index (κ2) is 7.88. The Labute approximate surface area is 182 Å². The summed E-state index contributed by atoms with van der Waals surface area (Å²) in [4.78, 5) is 22.7. The van der Waals surface area contributed by atoms with Crippen LogP contribution >= 0.6 is 11.3 Å². The summed E-state index contributed by atoms with van der Waals surface area (Å²) < 4.78 is 16.5. The number of nitrogens with zero attached hydrogens (tertiary/aromatic N) is 2. The molecule has 0 saturated carbocycles. The van der Waals surface area contributed by atoms with Crippen molar-refractivity contribution in [2.45, 2.75) is 20.0 Å². The molecule has 2 aromatic carbocycles. The number of hydrogen-bond acceptors (Lipinski definition) is 7. The van der Waals surface area contributed by atoms with Crippen LogP contribution < -0.4 is 19.5 Å². The Balaban J connectivity index is 1.33. The first-order valence-corrected chi connectivity index (χ1v) is 10.6. The third-order valence-corrected chi connectivity index (χ3v) is 5.96. The van der Waals surface area contributed by atoms with Crippen molar-refractivity contribution in [1.82, 2.24) is 9.97 Å². The maximum absolute atomic E-state index is 12.8. The van der Waals surface area contributed by atoms with Crippen LogP contribution in [0.5, 0.6) is 17.2 Å². The van der Waals surface area contributed by atoms with E-state index < -0.39 is 6.10 Å². The molecule has 0 bridgehead atoms. The highest BCUT2D eigenvalue weighted by Crippen LogP contribution is 2.35. The van der Waals surface area contributed by atoms with Crippen LogP contribution in [0.4, 0.5) is 5.69 Å². The lowest BCUT2D eigenvalue weighted by molar-refractivity contribution is -0.122. The van der Waals surface area contributed by atoms with Gasteiger partial charge in [0, 0.05) is 23.5 Å². The highest BCUT2D eigenvalue weighted by molar-refractivity contribution is 7.21. The molecular weight excluding hydrogens is 414 g/mol. The number of ether oxygens (including phenoxy) is 3. The number of aryl methyl sites for hydroxylation is 1. The number of nitrogens with one attached hydrogen (secondary N) is 1. The first-order valence-electron chi connectivity index (χ1n) is 9.76. The van der Waals surface area contributed by atoms with Crippen molar-refractivity contribution in [3.8, 4) is 27.8 Å². The molecular formula is C23H19N3O4S. The maximum atomic E-state index is 12.8. The Morgan fingerprint density at radius 1 is 1.16 bits per heavy atom. The molecule has 1 aliphatic rings. The fraction of sp³-hybridized carbons (Fsp3) is 0.174. The highest BCUT2D eigenvalue weighted by Gasteiger charge is 2.19. The van der Waals surface area contributed by atoms with Gasteiger partial charge in [0.05, 0.1) is 0 Å². The van der Waals surface area contributed by atoms with Crippen molar-refractivity contribution in [3.63, 3.8) is 0 Å². The number of hydrogen-bond donors (Lipinski definition) is 1. The average Bonchev–Trinajstić information content (AvgIpc) is 3.41. The smallest absolute Gasteiger partial charge is 0.265 e. The van der Waals surface area contributed by atoms with Crippen molar-refractivity contribution in [2.75, 3.05) is 12.1 Å². The summed E-state index contributed by atoms with van der Waals surface area (Å²) >= 11 is 1.52. The lowest BCUT2D eigenvalue weighted by atomic mass is 10.1. The summed E-state index contributed by atoms with van der Waals surface area (Å²) in [6.45, 7) is 3.84. The quantitative estimate of drug-likeness (QED) is 0.487. The van der Waals surface area contributed by atoms with E-state index in [1.54, 1.807) is 31.3 Å². The molecule has 31 heavy (non-hydrogen) atoms. The zero-order chi connectivity index (χ0) is 21.4. The molecule has 8 heteroatoms. The van der Waals surface area contributed by atoms with Gasteiger partial charge in [-0.05, 0) is 49.7 Å². The van der Waals surface area contributed by atoms with Crippen LogP contribution in [-0.2, 0) is 4.79 Å². The number of pyridine rings is 1. The summed E-state index contributed by atoms with van der Waals surface area (Å²) in [6.07, 6.45) is 1.06. The number of carbonyl (C=O) groups excluding carboxylic acids is 1. The van der Waals surface area contributed by atoms with Gasteiger partial charge in [0.25, 0.3) is 5.91 Å². The predicted octanol–water partition coefficient (Wildman–Crippen LogP) is 4.80. The molecule has 0 aliphatic carbocycles. The zero-order valence-electron chi connectivity index (χ0n) is 16.9. The highest BCUT2D eigenvalue weighted by atomic mass is 32.1. The average molecular weight is 433 g/mol. The van der Waals surface area contributed by atoms with E-state index in [0.717, 1.165) is 32.2 Å². The van der Waals surface area contributed by atoms with Crippen molar-refractivity contribution in [2.24, 2.45) is 0 Å². The van der Waals surface area contributed by atoms with Gasteiger partial charge >= 0.3 is 0 Å². The molecule has 0 spiro atoms. The Hall–Kier alpha value is -3.65. The van der Waals surface area contributed by atoms with Crippen LogP contribution in [0, 0.1) is 6.92 Å². The van der Waals surface area contributed by atoms with Crippen molar-refractivity contribution in [1.29, 1.82) is 0 Å². The van der Waals surface area contributed by atoms with Gasteiger partial charge in [0.15, 0.2) is 17.6 Å². The molecule has 1 amide bonds. The summed E-state index contributed by atoms with van der Waals surface area (Å²) in [5, 5.41) is 3.82. The fourth-order valence-corrected chi connectivity index (χ4v) is 4.13. The lowest BCUT2D eigenvalue weighted by Gasteiger charge is -2.16. The van der Waals surface area contributed by atoms with Crippen LogP contribution in [0.25, 0.3) is 20.9 Å². The van der Waals surface area contributed by atoms with Crippen LogP contribution in [0.2, 0.25) is 0 Å². The van der Waals surface area contributed by atoms with E-state index in [0.29, 0.717) is 17.2 Å². The van der Waals surface area contributed by atoms with Gasteiger partial charge < -0.3 is 19.5 Å². The van der Waals surface area contributed by atoms with Gasteiger partial charge in [-0.25, -0.2) is 9.97 Å². The second-order valence-corrected chi connectivity index (χ2v) is 8.12. The third-order valence-electron chi connectivity index (χ3n) is 4.93. The van der Waals surface area contributed by atoms with E-state index in [2.05, 4.69) is 15.3 Å². The molecule has 5 rings (SSSR count). The van der Waals surface area contributed by atoms with Gasteiger partial charge in [-0.1, -0.05) is 23.5 Å². The molecule has 1 unspecified atom stereocenters. The summed E-state index contributed by atoms with van der Waals surface area (Å²) in [5.74, 6) is 1.57. The lowest BCUT2D eigenvalue weighted by Crippen LogP contribution is -2.30. The minimum atomic E-state index is -0.699. The first kappa shape index (κ1) is 19.3. The minimum Gasteiger partial charge on any atom is -0.481 e. The van der Waals surface area contributed by atoms with Crippen molar-refractivity contribution in [3.05, 3.63) is 60.3 Å². The van der Waals surface area contributed by atoms with Gasteiger partial charge in [-0.3, -0.25) is 4.79 Å². The Bertz CT molecular complexity index is 1250. The van der Waals surface area contributed by atoms with E-state index >= 15 is 0 Å². The summed E-state index contributed by atoms with van der Waals surface area (Å²) in [5.41, 5.74) is 3.45. The monoisotopic (exact) mass is 433 g/mol. The fourth-order valence-electron chi connectivity index (χ4n) is 3.23. The number of amides is 1. The number of thiazole rings is 1. The summed E-state index contributed by atoms with van der Waals surface area (Å²) in [7, 11) is 0. The van der Waals surface area contributed by atoms with Gasteiger partial charge in [-0.2, -0.15) is 0 Å². The summed E-state index contributed by atoms with van der Waals surface area (Å²) in [6, 6.07) is 14.9. The number of anilines is 1. The number of benzene rings is 2. The van der Waals surface area contributed by atoms with E-state index in [1.807, 2.05) is 37.3 Å². The molecule has 3 heterocycles. The van der Waals surface area contributed by atoms with Crippen molar-refractivity contribution < 1.29 is 19.0 Å². The van der Waals surface area contributed by atoms with E-state index in [-0.39, 0.29) is 12.7 Å². The molecule has 1 N–H and O–H groups in total. The van der Waals surface area contributed by atoms with Crippen LogP contribution in [0.15, 0.2) is 54.7 Å². The largest absolute Gasteiger partial charge is 0.481 e. The third kappa shape index (κ3) is 3.89. The number of rotatable bonds is 5. The SMILES string of the molecule is Cc1ccc(-c2nc3cccnc3s2)cc1NC(=O)C(C)Oc1ccc2c(c1)OCO2. The minimum absolute atomic E-state index is 0.190.